The van der Waals surface area contributed by atoms with Crippen molar-refractivity contribution < 1.29 is 14.3 Å². The fourth-order valence-electron chi connectivity index (χ4n) is 3.18. The summed E-state index contributed by atoms with van der Waals surface area (Å²) in [6.45, 7) is 4.15. The molecule has 0 bridgehead atoms. The van der Waals surface area contributed by atoms with E-state index in [2.05, 4.69) is 15.6 Å². The molecule has 174 valence electrons. The van der Waals surface area contributed by atoms with Crippen LogP contribution in [0.1, 0.15) is 18.9 Å². The molecule has 33 heavy (non-hydrogen) atoms. The van der Waals surface area contributed by atoms with E-state index in [1.807, 2.05) is 19.9 Å². The number of carbonyl (C=O) groups is 2. The number of carbonyl (C=O) groups excluding carboxylic acids is 2. The molecule has 0 unspecified atom stereocenters. The highest BCUT2D eigenvalue weighted by molar-refractivity contribution is 7.99. The number of hydrogen-bond donors (Lipinski definition) is 2. The minimum Gasteiger partial charge on any atom is -0.495 e. The Bertz CT molecular complexity index is 1250. The van der Waals surface area contributed by atoms with E-state index >= 15 is 0 Å². The molecule has 0 fully saturated rings. The summed E-state index contributed by atoms with van der Waals surface area (Å²) in [5.74, 6) is -0.191. The standard InChI is InChI=1S/C23H25ClN4O4S/c1-4-9-28-22(31)16-7-6-15(24)11-17(16)27-23(28)33-13-21(30)25-12-20(29)26-18-10-14(2)5-8-19(18)32-3/h5-8,10-11H,4,9,12-13H2,1-3H3,(H,25,30)(H,26,29). The minimum atomic E-state index is -0.376. The largest absolute Gasteiger partial charge is 0.495 e. The molecule has 1 aromatic heterocycles. The third kappa shape index (κ3) is 6.27. The molecule has 3 aromatic rings. The Hall–Kier alpha value is -3.04. The lowest BCUT2D eigenvalue weighted by Gasteiger charge is -2.13. The molecule has 0 spiro atoms. The predicted octanol–water partition coefficient (Wildman–Crippen LogP) is 3.62. The van der Waals surface area contributed by atoms with Crippen molar-refractivity contribution >= 4 is 51.8 Å². The number of amides is 2. The van der Waals surface area contributed by atoms with E-state index in [9.17, 15) is 14.4 Å². The quantitative estimate of drug-likeness (QED) is 0.352. The Morgan fingerprint density at radius 3 is 2.70 bits per heavy atom. The summed E-state index contributed by atoms with van der Waals surface area (Å²) in [5.41, 5.74) is 1.81. The molecule has 0 saturated heterocycles. The van der Waals surface area contributed by atoms with E-state index in [0.29, 0.717) is 39.1 Å². The smallest absolute Gasteiger partial charge is 0.262 e. The van der Waals surface area contributed by atoms with Crippen molar-refractivity contribution in [1.29, 1.82) is 0 Å². The summed E-state index contributed by atoms with van der Waals surface area (Å²) >= 11 is 7.18. The molecule has 10 heteroatoms. The molecule has 0 atom stereocenters. The topological polar surface area (TPSA) is 102 Å². The number of thioether (sulfide) groups is 1. The number of anilines is 1. The molecule has 0 radical (unpaired) electrons. The van der Waals surface area contributed by atoms with E-state index in [-0.39, 0.29) is 29.7 Å². The zero-order valence-electron chi connectivity index (χ0n) is 18.6. The number of halogens is 1. The second kappa shape index (κ2) is 11.2. The van der Waals surface area contributed by atoms with E-state index in [1.54, 1.807) is 34.9 Å². The highest BCUT2D eigenvalue weighted by atomic mass is 35.5. The van der Waals surface area contributed by atoms with Crippen molar-refractivity contribution in [3.05, 3.63) is 57.3 Å². The van der Waals surface area contributed by atoms with Crippen molar-refractivity contribution in [2.45, 2.75) is 32.0 Å². The minimum absolute atomic E-state index is 0.00325. The molecular weight excluding hydrogens is 464 g/mol. The molecule has 1 heterocycles. The van der Waals surface area contributed by atoms with Gasteiger partial charge in [-0.3, -0.25) is 19.0 Å². The van der Waals surface area contributed by atoms with Crippen LogP contribution in [0.2, 0.25) is 5.02 Å². The van der Waals surface area contributed by atoms with Gasteiger partial charge in [-0.15, -0.1) is 0 Å². The number of rotatable bonds is 9. The van der Waals surface area contributed by atoms with E-state index in [4.69, 9.17) is 16.3 Å². The monoisotopic (exact) mass is 488 g/mol. The number of nitrogens with one attached hydrogen (secondary N) is 2. The summed E-state index contributed by atoms with van der Waals surface area (Å²) in [7, 11) is 1.52. The van der Waals surface area contributed by atoms with Gasteiger partial charge < -0.3 is 15.4 Å². The van der Waals surface area contributed by atoms with Gasteiger partial charge in [0.2, 0.25) is 11.8 Å². The molecule has 2 N–H and O–H groups in total. The van der Waals surface area contributed by atoms with Gasteiger partial charge in [-0.2, -0.15) is 0 Å². The lowest BCUT2D eigenvalue weighted by Crippen LogP contribution is -2.34. The van der Waals surface area contributed by atoms with Crippen LogP contribution >= 0.6 is 23.4 Å². The van der Waals surface area contributed by atoms with Crippen LogP contribution in [0.15, 0.2) is 46.3 Å². The first-order valence-electron chi connectivity index (χ1n) is 10.4. The van der Waals surface area contributed by atoms with E-state index < -0.39 is 0 Å². The van der Waals surface area contributed by atoms with Crippen molar-refractivity contribution in [3.8, 4) is 5.75 Å². The SMILES string of the molecule is CCCn1c(SCC(=O)NCC(=O)Nc2cc(C)ccc2OC)nc2cc(Cl)ccc2c1=O. The maximum atomic E-state index is 12.9. The second-order valence-corrected chi connectivity index (χ2v) is 8.71. The molecule has 0 aliphatic heterocycles. The highest BCUT2D eigenvalue weighted by Gasteiger charge is 2.14. The summed E-state index contributed by atoms with van der Waals surface area (Å²) in [5, 5.41) is 6.71. The van der Waals surface area contributed by atoms with Gasteiger partial charge in [0, 0.05) is 11.6 Å². The average molecular weight is 489 g/mol. The van der Waals surface area contributed by atoms with Gasteiger partial charge in [-0.05, 0) is 49.2 Å². The molecule has 2 aromatic carbocycles. The number of fused-ring (bicyclic) bond motifs is 1. The van der Waals surface area contributed by atoms with Gasteiger partial charge >= 0.3 is 0 Å². The first-order valence-corrected chi connectivity index (χ1v) is 11.7. The van der Waals surface area contributed by atoms with Gasteiger partial charge in [0.25, 0.3) is 5.56 Å². The van der Waals surface area contributed by atoms with Gasteiger partial charge in [0.05, 0.1) is 36.0 Å². The van der Waals surface area contributed by atoms with Crippen LogP contribution in [-0.4, -0.2) is 40.8 Å². The van der Waals surface area contributed by atoms with Crippen LogP contribution in [-0.2, 0) is 16.1 Å². The van der Waals surface area contributed by atoms with Gasteiger partial charge in [0.15, 0.2) is 5.16 Å². The zero-order chi connectivity index (χ0) is 24.0. The summed E-state index contributed by atoms with van der Waals surface area (Å²) in [6.07, 6.45) is 0.739. The summed E-state index contributed by atoms with van der Waals surface area (Å²) < 4.78 is 6.80. The van der Waals surface area contributed by atoms with Gasteiger partial charge in [0.1, 0.15) is 5.75 Å². The van der Waals surface area contributed by atoms with Crippen LogP contribution in [0.5, 0.6) is 5.75 Å². The first-order chi connectivity index (χ1) is 15.8. The fourth-order valence-corrected chi connectivity index (χ4v) is 4.20. The number of nitrogens with zero attached hydrogens (tertiary/aromatic N) is 2. The maximum absolute atomic E-state index is 12.9. The fraction of sp³-hybridized carbons (Fsp3) is 0.304. The third-order valence-electron chi connectivity index (χ3n) is 4.74. The molecular formula is C23H25ClN4O4S. The number of methoxy groups -OCH3 is 1. The van der Waals surface area contributed by atoms with Crippen LogP contribution in [0.4, 0.5) is 5.69 Å². The van der Waals surface area contributed by atoms with E-state index in [1.165, 1.54) is 7.11 Å². The Morgan fingerprint density at radius 1 is 1.18 bits per heavy atom. The Labute approximate surface area is 200 Å². The predicted molar refractivity (Wildman–Crippen MR) is 131 cm³/mol. The Balaban J connectivity index is 1.64. The second-order valence-electron chi connectivity index (χ2n) is 7.33. The molecule has 3 rings (SSSR count). The highest BCUT2D eigenvalue weighted by Crippen LogP contribution is 2.25. The first kappa shape index (κ1) is 24.6. The number of aryl methyl sites for hydroxylation is 1. The van der Waals surface area contributed by atoms with Crippen LogP contribution < -0.4 is 20.9 Å². The third-order valence-corrected chi connectivity index (χ3v) is 5.95. The van der Waals surface area contributed by atoms with Crippen molar-refractivity contribution in [2.24, 2.45) is 0 Å². The van der Waals surface area contributed by atoms with Gasteiger partial charge in [-0.25, -0.2) is 4.98 Å². The number of hydrogen-bond acceptors (Lipinski definition) is 6. The zero-order valence-corrected chi connectivity index (χ0v) is 20.2. The number of ether oxygens (including phenoxy) is 1. The molecule has 8 nitrogen and oxygen atoms in total. The van der Waals surface area contributed by atoms with Crippen molar-refractivity contribution in [1.82, 2.24) is 14.9 Å². The summed E-state index contributed by atoms with van der Waals surface area (Å²) in [4.78, 5) is 42.0. The molecule has 0 aliphatic rings. The van der Waals surface area contributed by atoms with Crippen LogP contribution in [0.3, 0.4) is 0 Å². The van der Waals surface area contributed by atoms with Crippen molar-refractivity contribution in [2.75, 3.05) is 24.7 Å². The number of benzene rings is 2. The Morgan fingerprint density at radius 2 is 1.97 bits per heavy atom. The number of aromatic nitrogens is 2. The van der Waals surface area contributed by atoms with Crippen molar-refractivity contribution in [3.63, 3.8) is 0 Å². The lowest BCUT2D eigenvalue weighted by molar-refractivity contribution is -0.122. The van der Waals surface area contributed by atoms with E-state index in [0.717, 1.165) is 23.7 Å². The Kier molecular flexibility index (Phi) is 8.35. The molecule has 0 saturated carbocycles. The summed E-state index contributed by atoms with van der Waals surface area (Å²) in [6, 6.07) is 10.4. The van der Waals surface area contributed by atoms with Gasteiger partial charge in [-0.1, -0.05) is 36.4 Å². The lowest BCUT2D eigenvalue weighted by atomic mass is 10.2. The average Bonchev–Trinajstić information content (AvgIpc) is 2.78. The van der Waals surface area contributed by atoms with Crippen LogP contribution in [0.25, 0.3) is 10.9 Å². The normalized spacial score (nSPS) is 10.8. The maximum Gasteiger partial charge on any atom is 0.262 e. The molecule has 0 aliphatic carbocycles. The molecule has 2 amide bonds. The van der Waals surface area contributed by atoms with Crippen LogP contribution in [0, 0.1) is 6.92 Å².